The fourth-order valence-electron chi connectivity index (χ4n) is 6.80. The second-order valence-corrected chi connectivity index (χ2v) is 11.7. The Morgan fingerprint density at radius 2 is 0.900 bits per heavy atom. The second-order valence-electron chi connectivity index (χ2n) is 11.7. The summed E-state index contributed by atoms with van der Waals surface area (Å²) in [5, 5.41) is 1.25. The van der Waals surface area contributed by atoms with E-state index in [2.05, 4.69) is 4.98 Å². The van der Waals surface area contributed by atoms with Gasteiger partial charge in [-0.05, 0) is 72.8 Å². The number of rotatable bonds is 3. The molecular weight excluding hydrogens is 669 g/mol. The third-order valence-electron chi connectivity index (χ3n) is 8.85. The van der Waals surface area contributed by atoms with Crippen molar-refractivity contribution in [2.75, 3.05) is 0 Å². The van der Waals surface area contributed by atoms with E-state index in [4.69, 9.17) is 0 Å². The van der Waals surface area contributed by atoms with Gasteiger partial charge in [0.1, 0.15) is 0 Å². The number of benzene rings is 5. The van der Waals surface area contributed by atoms with E-state index in [1.54, 1.807) is 53.1 Å². The third kappa shape index (κ3) is 4.88. The quantitative estimate of drug-likeness (QED) is 0.169. The van der Waals surface area contributed by atoms with Crippen molar-refractivity contribution >= 4 is 43.6 Å². The van der Waals surface area contributed by atoms with Gasteiger partial charge < -0.3 is 9.13 Å². The lowest BCUT2D eigenvalue weighted by Gasteiger charge is -2.21. The van der Waals surface area contributed by atoms with Gasteiger partial charge in [-0.25, -0.2) is 0 Å². The molecule has 0 spiro atoms. The summed E-state index contributed by atoms with van der Waals surface area (Å²) in [7, 11) is 0. The van der Waals surface area contributed by atoms with Crippen LogP contribution in [0.2, 0.25) is 0 Å². The first kappa shape index (κ1) is 31.5. The first-order valence-corrected chi connectivity index (χ1v) is 15.1. The van der Waals surface area contributed by atoms with E-state index in [9.17, 15) is 26.3 Å². The molecule has 0 aliphatic heterocycles. The fraction of sp³-hybridized carbons (Fsp3) is 0.0789. The maximum Gasteiger partial charge on any atom is 0.417 e. The van der Waals surface area contributed by atoms with Crippen molar-refractivity contribution in [3.63, 3.8) is 0 Å². The van der Waals surface area contributed by atoms with E-state index in [0.29, 0.717) is 27.3 Å². The van der Waals surface area contributed by atoms with Crippen LogP contribution in [0.15, 0.2) is 121 Å². The van der Waals surface area contributed by atoms with Crippen molar-refractivity contribution in [3.8, 4) is 22.6 Å². The molecule has 0 amide bonds. The van der Waals surface area contributed by atoms with Gasteiger partial charge in [0.05, 0.1) is 55.8 Å². The Labute approximate surface area is 276 Å². The molecule has 3 heterocycles. The SMILES string of the molecule is FC(F)(F)c1ccc2c(c1)c1ccccc1n2-c1cccnc1-c1c(-n2c3ccccc3c3cc(C(F)(F)F)ccc32)cccc1C(F)(F)F. The minimum atomic E-state index is -4.91. The number of nitrogens with zero attached hydrogens (tertiary/aromatic N) is 3. The number of fused-ring (bicyclic) bond motifs is 6. The summed E-state index contributed by atoms with van der Waals surface area (Å²) < 4.78 is 131. The van der Waals surface area contributed by atoms with Crippen LogP contribution in [0, 0.1) is 0 Å². The Hall–Kier alpha value is -5.78. The second kappa shape index (κ2) is 10.9. The van der Waals surface area contributed by atoms with Crippen molar-refractivity contribution in [3.05, 3.63) is 138 Å². The number of para-hydroxylation sites is 2. The largest absolute Gasteiger partial charge is 0.417 e. The maximum absolute atomic E-state index is 15.0. The van der Waals surface area contributed by atoms with E-state index in [-0.39, 0.29) is 38.9 Å². The Kier molecular flexibility index (Phi) is 6.84. The predicted molar refractivity (Wildman–Crippen MR) is 173 cm³/mol. The molecule has 5 aromatic carbocycles. The number of hydrogen-bond donors (Lipinski definition) is 0. The first-order chi connectivity index (χ1) is 23.7. The van der Waals surface area contributed by atoms with Gasteiger partial charge in [0.25, 0.3) is 0 Å². The highest BCUT2D eigenvalue weighted by molar-refractivity contribution is 6.11. The zero-order valence-corrected chi connectivity index (χ0v) is 25.3. The summed E-state index contributed by atoms with van der Waals surface area (Å²) >= 11 is 0. The van der Waals surface area contributed by atoms with Crippen LogP contribution in [-0.2, 0) is 18.5 Å². The van der Waals surface area contributed by atoms with Crippen molar-refractivity contribution in [1.82, 2.24) is 14.1 Å². The van der Waals surface area contributed by atoms with E-state index >= 15 is 13.2 Å². The molecule has 3 nitrogen and oxygen atoms in total. The molecule has 0 atom stereocenters. The van der Waals surface area contributed by atoms with Gasteiger partial charge in [-0.15, -0.1) is 0 Å². The molecule has 0 saturated heterocycles. The minimum absolute atomic E-state index is 0.00846. The number of pyridine rings is 1. The van der Waals surface area contributed by atoms with Crippen LogP contribution in [0.3, 0.4) is 0 Å². The summed E-state index contributed by atoms with van der Waals surface area (Å²) in [5.74, 6) is 0. The zero-order chi connectivity index (χ0) is 35.2. The molecule has 0 saturated carbocycles. The summed E-state index contributed by atoms with van der Waals surface area (Å²) in [4.78, 5) is 4.46. The average molecular weight is 690 g/mol. The topological polar surface area (TPSA) is 22.8 Å². The fourth-order valence-corrected chi connectivity index (χ4v) is 6.80. The predicted octanol–water partition coefficient (Wildman–Crippen LogP) is 12.0. The summed E-state index contributed by atoms with van der Waals surface area (Å²) in [6.45, 7) is 0. The van der Waals surface area contributed by atoms with Crippen LogP contribution >= 0.6 is 0 Å². The maximum atomic E-state index is 15.0. The van der Waals surface area contributed by atoms with E-state index in [1.807, 2.05) is 0 Å². The third-order valence-corrected chi connectivity index (χ3v) is 8.85. The molecule has 0 aliphatic rings. The molecule has 0 N–H and O–H groups in total. The number of alkyl halides is 9. The van der Waals surface area contributed by atoms with Gasteiger partial charge in [-0.3, -0.25) is 4.98 Å². The summed E-state index contributed by atoms with van der Waals surface area (Å²) in [5.41, 5.74) is -1.91. The van der Waals surface area contributed by atoms with Crippen LogP contribution in [0.1, 0.15) is 16.7 Å². The lowest BCUT2D eigenvalue weighted by molar-refractivity contribution is -0.138. The van der Waals surface area contributed by atoms with Gasteiger partial charge in [-0.2, -0.15) is 39.5 Å². The average Bonchev–Trinajstić information content (AvgIpc) is 3.59. The monoisotopic (exact) mass is 689 g/mol. The molecule has 0 radical (unpaired) electrons. The lowest BCUT2D eigenvalue weighted by Crippen LogP contribution is -2.12. The molecule has 250 valence electrons. The highest BCUT2D eigenvalue weighted by Gasteiger charge is 2.38. The Morgan fingerprint density at radius 3 is 1.42 bits per heavy atom. The van der Waals surface area contributed by atoms with Crippen LogP contribution in [0.4, 0.5) is 39.5 Å². The highest BCUT2D eigenvalue weighted by Crippen LogP contribution is 2.46. The van der Waals surface area contributed by atoms with Crippen LogP contribution < -0.4 is 0 Å². The molecule has 0 aliphatic carbocycles. The first-order valence-electron chi connectivity index (χ1n) is 15.1. The smallest absolute Gasteiger partial charge is 0.309 e. The molecule has 0 fully saturated rings. The van der Waals surface area contributed by atoms with Crippen molar-refractivity contribution in [1.29, 1.82) is 0 Å². The van der Waals surface area contributed by atoms with Crippen molar-refractivity contribution < 1.29 is 39.5 Å². The molecule has 12 heteroatoms. The molecule has 3 aromatic heterocycles. The van der Waals surface area contributed by atoms with Gasteiger partial charge in [0.15, 0.2) is 0 Å². The van der Waals surface area contributed by atoms with Crippen LogP contribution in [0.25, 0.3) is 66.2 Å². The number of aromatic nitrogens is 3. The number of hydrogen-bond acceptors (Lipinski definition) is 1. The van der Waals surface area contributed by atoms with Crippen LogP contribution in [-0.4, -0.2) is 14.1 Å². The zero-order valence-electron chi connectivity index (χ0n) is 25.3. The summed E-state index contributed by atoms with van der Waals surface area (Å²) in [6.07, 6.45) is -12.9. The number of halogens is 9. The molecule has 0 bridgehead atoms. The minimum Gasteiger partial charge on any atom is -0.309 e. The van der Waals surface area contributed by atoms with E-state index in [1.165, 1.54) is 47.2 Å². The van der Waals surface area contributed by atoms with Gasteiger partial charge in [-0.1, -0.05) is 42.5 Å². The van der Waals surface area contributed by atoms with E-state index < -0.39 is 35.2 Å². The standard InChI is InChI=1S/C38H20F9N3/c39-36(40,41)21-14-16-30-25(19-21)23-7-1-3-10-28(23)49(30)32-12-5-9-27(38(45,46)47)34(32)35-33(13-6-18-48-35)50-29-11-4-2-8-24(29)26-20-22(37(42,43)44)15-17-31(26)50/h1-20H. The molecular formula is C38H20F9N3. The molecule has 50 heavy (non-hydrogen) atoms. The Balaban J connectivity index is 1.49. The molecule has 0 unspecified atom stereocenters. The van der Waals surface area contributed by atoms with Gasteiger partial charge >= 0.3 is 18.5 Å². The lowest BCUT2D eigenvalue weighted by atomic mass is 9.99. The normalized spacial score (nSPS) is 12.9. The van der Waals surface area contributed by atoms with Gasteiger partial charge in [0.2, 0.25) is 0 Å². The highest BCUT2D eigenvalue weighted by atomic mass is 19.4. The summed E-state index contributed by atoms with van der Waals surface area (Å²) in [6, 6.07) is 25.9. The Morgan fingerprint density at radius 1 is 0.420 bits per heavy atom. The molecule has 8 aromatic rings. The van der Waals surface area contributed by atoms with Crippen molar-refractivity contribution in [2.45, 2.75) is 18.5 Å². The van der Waals surface area contributed by atoms with E-state index in [0.717, 1.165) is 30.3 Å². The van der Waals surface area contributed by atoms with Gasteiger partial charge in [0, 0.05) is 33.3 Å². The van der Waals surface area contributed by atoms with Crippen molar-refractivity contribution in [2.24, 2.45) is 0 Å². The molecule has 8 rings (SSSR count). The Bertz CT molecular complexity index is 2620. The van der Waals surface area contributed by atoms with Crippen LogP contribution in [0.5, 0.6) is 0 Å².